The van der Waals surface area contributed by atoms with Crippen LogP contribution in [0.25, 0.3) is 0 Å². The van der Waals surface area contributed by atoms with Crippen LogP contribution in [0, 0.1) is 5.92 Å². The molecule has 9 heteroatoms. The van der Waals surface area contributed by atoms with Gasteiger partial charge in [0.05, 0.1) is 13.2 Å². The highest BCUT2D eigenvalue weighted by Crippen LogP contribution is 2.04. The fraction of sp³-hybridized carbons (Fsp3) is 0.909. The lowest BCUT2D eigenvalue weighted by Gasteiger charge is -2.24. The third-order valence-electron chi connectivity index (χ3n) is 2.52. The highest BCUT2D eigenvalue weighted by molar-refractivity contribution is 5.73. The van der Waals surface area contributed by atoms with Crippen LogP contribution < -0.4 is 5.73 Å². The van der Waals surface area contributed by atoms with Crippen molar-refractivity contribution in [2.24, 2.45) is 11.7 Å². The number of carbonyl (C=O) groups is 1. The fourth-order valence-corrected chi connectivity index (χ4v) is 0.956. The van der Waals surface area contributed by atoms with Gasteiger partial charge in [0.2, 0.25) is 0 Å². The molecule has 0 aliphatic rings. The Hall–Kier alpha value is -0.810. The van der Waals surface area contributed by atoms with E-state index >= 15 is 0 Å². The first-order valence-corrected chi connectivity index (χ1v) is 6.02. The van der Waals surface area contributed by atoms with Crippen molar-refractivity contribution in [2.75, 3.05) is 13.2 Å². The standard InChI is InChI=1S/C6H14O6.C5H11NO2/c7-1-3(9)5(11)6(12)4(10)2-8;1-3(2)4(6)5(7)8/h3-12H,1-2H2;3-4H,6H2,1-2H3,(H,7,8)/t3-,4+,5+,6-;4-/m.0/s1. The minimum absolute atomic E-state index is 0.0208. The van der Waals surface area contributed by atoms with Gasteiger partial charge in [0, 0.05) is 0 Å². The van der Waals surface area contributed by atoms with Crippen molar-refractivity contribution in [3.63, 3.8) is 0 Å². The van der Waals surface area contributed by atoms with Gasteiger partial charge in [-0.2, -0.15) is 0 Å². The molecule has 0 aromatic heterocycles. The number of rotatable bonds is 7. The molecule has 9 nitrogen and oxygen atoms in total. The van der Waals surface area contributed by atoms with Gasteiger partial charge in [0.15, 0.2) is 0 Å². The summed E-state index contributed by atoms with van der Waals surface area (Å²) >= 11 is 0. The fourth-order valence-electron chi connectivity index (χ4n) is 0.956. The monoisotopic (exact) mass is 299 g/mol. The zero-order valence-electron chi connectivity index (χ0n) is 11.5. The van der Waals surface area contributed by atoms with Gasteiger partial charge in [0.1, 0.15) is 30.5 Å². The second kappa shape index (κ2) is 10.9. The number of carboxylic acids is 1. The summed E-state index contributed by atoms with van der Waals surface area (Å²) in [6.07, 6.45) is -6.39. The van der Waals surface area contributed by atoms with Crippen LogP contribution in [-0.2, 0) is 4.79 Å². The first kappa shape index (κ1) is 21.5. The van der Waals surface area contributed by atoms with Crippen LogP contribution in [-0.4, -0.2) is 85.4 Å². The summed E-state index contributed by atoms with van der Waals surface area (Å²) in [5.74, 6) is -0.910. The van der Waals surface area contributed by atoms with Gasteiger partial charge >= 0.3 is 5.97 Å². The van der Waals surface area contributed by atoms with Crippen molar-refractivity contribution in [3.8, 4) is 0 Å². The van der Waals surface area contributed by atoms with E-state index in [1.54, 1.807) is 13.8 Å². The number of aliphatic carboxylic acids is 1. The number of aliphatic hydroxyl groups excluding tert-OH is 6. The van der Waals surface area contributed by atoms with E-state index < -0.39 is 49.6 Å². The summed E-state index contributed by atoms with van der Waals surface area (Å²) in [5.41, 5.74) is 5.16. The highest BCUT2D eigenvalue weighted by atomic mass is 16.4. The summed E-state index contributed by atoms with van der Waals surface area (Å²) in [4.78, 5) is 10.0. The average molecular weight is 299 g/mol. The Bertz CT molecular complexity index is 249. The van der Waals surface area contributed by atoms with E-state index in [9.17, 15) is 4.79 Å². The Morgan fingerprint density at radius 3 is 1.35 bits per heavy atom. The quantitative estimate of drug-likeness (QED) is 0.236. The molecule has 0 radical (unpaired) electrons. The van der Waals surface area contributed by atoms with Crippen LogP contribution in [0.3, 0.4) is 0 Å². The van der Waals surface area contributed by atoms with Gasteiger partial charge in [-0.15, -0.1) is 0 Å². The summed E-state index contributed by atoms with van der Waals surface area (Å²) in [6.45, 7) is 2.10. The smallest absolute Gasteiger partial charge is 0.320 e. The molecule has 20 heavy (non-hydrogen) atoms. The summed E-state index contributed by atoms with van der Waals surface area (Å²) < 4.78 is 0. The lowest BCUT2D eigenvalue weighted by molar-refractivity contribution is -0.139. The molecule has 9 N–H and O–H groups in total. The van der Waals surface area contributed by atoms with Crippen molar-refractivity contribution in [2.45, 2.75) is 44.3 Å². The SMILES string of the molecule is CC(C)[C@H](N)C(=O)O.OC[C@@H](O)[C@H](O)[C@H](O)[C@@H](O)CO. The van der Waals surface area contributed by atoms with Crippen LogP contribution in [0.15, 0.2) is 0 Å². The molecule has 0 aromatic carbocycles. The van der Waals surface area contributed by atoms with Crippen molar-refractivity contribution < 1.29 is 40.5 Å². The van der Waals surface area contributed by atoms with Crippen LogP contribution in [0.1, 0.15) is 13.8 Å². The van der Waals surface area contributed by atoms with Crippen LogP contribution in [0.2, 0.25) is 0 Å². The third-order valence-corrected chi connectivity index (χ3v) is 2.52. The molecule has 0 fully saturated rings. The first-order valence-electron chi connectivity index (χ1n) is 6.02. The molecule has 0 aliphatic carbocycles. The maximum Gasteiger partial charge on any atom is 0.320 e. The molecule has 0 saturated heterocycles. The Morgan fingerprint density at radius 2 is 1.25 bits per heavy atom. The number of nitrogens with two attached hydrogens (primary N) is 1. The number of hydrogen-bond donors (Lipinski definition) is 8. The molecular weight excluding hydrogens is 274 g/mol. The van der Waals surface area contributed by atoms with E-state index in [-0.39, 0.29) is 5.92 Å². The third kappa shape index (κ3) is 8.38. The van der Waals surface area contributed by atoms with Gasteiger partial charge in [-0.25, -0.2) is 0 Å². The molecule has 0 amide bonds. The first-order chi connectivity index (χ1) is 9.09. The highest BCUT2D eigenvalue weighted by Gasteiger charge is 2.29. The zero-order chi connectivity index (χ0) is 16.5. The van der Waals surface area contributed by atoms with E-state index in [4.69, 9.17) is 41.5 Å². The molecule has 0 aliphatic heterocycles. The van der Waals surface area contributed by atoms with Crippen LogP contribution >= 0.6 is 0 Å². The normalized spacial score (nSPS) is 18.5. The van der Waals surface area contributed by atoms with Crippen LogP contribution in [0.4, 0.5) is 0 Å². The predicted molar refractivity (Wildman–Crippen MR) is 68.6 cm³/mol. The molecule has 0 unspecified atom stereocenters. The molecular formula is C11H25NO8. The van der Waals surface area contributed by atoms with Gasteiger partial charge < -0.3 is 41.5 Å². The van der Waals surface area contributed by atoms with E-state index in [0.29, 0.717) is 0 Å². The van der Waals surface area contributed by atoms with Gasteiger partial charge in [-0.05, 0) is 5.92 Å². The van der Waals surface area contributed by atoms with E-state index in [2.05, 4.69) is 0 Å². The number of hydrogen-bond acceptors (Lipinski definition) is 8. The molecule has 0 saturated carbocycles. The lowest BCUT2D eigenvalue weighted by atomic mass is 10.0. The van der Waals surface area contributed by atoms with Gasteiger partial charge in [-0.3, -0.25) is 4.79 Å². The minimum Gasteiger partial charge on any atom is -0.480 e. The summed E-state index contributed by atoms with van der Waals surface area (Å²) in [5, 5.41) is 60.4. The molecule has 0 heterocycles. The zero-order valence-corrected chi connectivity index (χ0v) is 11.5. The molecule has 0 bridgehead atoms. The molecule has 0 aromatic rings. The Labute approximate surface area is 116 Å². The van der Waals surface area contributed by atoms with Crippen molar-refractivity contribution in [3.05, 3.63) is 0 Å². The van der Waals surface area contributed by atoms with Crippen molar-refractivity contribution in [1.29, 1.82) is 0 Å². The number of carboxylic acid groups (broad SMARTS) is 1. The minimum atomic E-state index is -1.67. The van der Waals surface area contributed by atoms with Gasteiger partial charge in [0.25, 0.3) is 0 Å². The Morgan fingerprint density at radius 1 is 0.950 bits per heavy atom. The topological polar surface area (TPSA) is 185 Å². The summed E-state index contributed by atoms with van der Waals surface area (Å²) in [6, 6.07) is -0.713. The van der Waals surface area contributed by atoms with Crippen LogP contribution in [0.5, 0.6) is 0 Å². The largest absolute Gasteiger partial charge is 0.480 e. The second-order valence-corrected chi connectivity index (χ2v) is 4.59. The molecule has 0 rings (SSSR count). The second-order valence-electron chi connectivity index (χ2n) is 4.59. The van der Waals surface area contributed by atoms with E-state index in [1.165, 1.54) is 0 Å². The lowest BCUT2D eigenvalue weighted by Crippen LogP contribution is -2.46. The molecule has 122 valence electrons. The van der Waals surface area contributed by atoms with Crippen molar-refractivity contribution in [1.82, 2.24) is 0 Å². The van der Waals surface area contributed by atoms with Crippen molar-refractivity contribution >= 4 is 5.97 Å². The van der Waals surface area contributed by atoms with E-state index in [1.807, 2.05) is 0 Å². The van der Waals surface area contributed by atoms with E-state index in [0.717, 1.165) is 0 Å². The summed E-state index contributed by atoms with van der Waals surface area (Å²) in [7, 11) is 0. The maximum absolute atomic E-state index is 10.0. The van der Waals surface area contributed by atoms with Gasteiger partial charge in [-0.1, -0.05) is 13.8 Å². The molecule has 0 spiro atoms. The average Bonchev–Trinajstić information content (AvgIpc) is 2.43. The predicted octanol–water partition coefficient (Wildman–Crippen LogP) is -3.53. The maximum atomic E-state index is 10.0. The Balaban J connectivity index is 0. The molecule has 5 atom stereocenters. The number of aliphatic hydroxyl groups is 6. The Kier molecular flexibility index (Phi) is 11.7.